The van der Waals surface area contributed by atoms with Crippen molar-refractivity contribution in [3.05, 3.63) is 44.8 Å². The summed E-state index contributed by atoms with van der Waals surface area (Å²) in [5.41, 5.74) is 1.42. The minimum Gasteiger partial charge on any atom is -0.309 e. The highest BCUT2D eigenvalue weighted by Gasteiger charge is 2.19. The van der Waals surface area contributed by atoms with Gasteiger partial charge in [0.1, 0.15) is 0 Å². The van der Waals surface area contributed by atoms with Gasteiger partial charge in [-0.15, -0.1) is 11.3 Å². The molecule has 3 heterocycles. The number of nitrogens with zero attached hydrogens (tertiary/aromatic N) is 1. The number of likely N-dealkylation sites (tertiary alicyclic amines) is 1. The van der Waals surface area contributed by atoms with Crippen LogP contribution in [0.5, 0.6) is 0 Å². The molecule has 102 valence electrons. The van der Waals surface area contributed by atoms with Crippen molar-refractivity contribution < 1.29 is 0 Å². The summed E-state index contributed by atoms with van der Waals surface area (Å²) >= 11 is 3.65. The third kappa shape index (κ3) is 3.89. The summed E-state index contributed by atoms with van der Waals surface area (Å²) in [7, 11) is 0. The Kier molecular flexibility index (Phi) is 4.66. The van der Waals surface area contributed by atoms with Crippen molar-refractivity contribution in [1.82, 2.24) is 10.2 Å². The number of hydrogen-bond donors (Lipinski definition) is 1. The molecule has 4 heteroatoms. The molecular formula is C15H20N2S2. The lowest BCUT2D eigenvalue weighted by Gasteiger charge is -2.33. The van der Waals surface area contributed by atoms with Crippen LogP contribution in [-0.4, -0.2) is 24.0 Å². The van der Waals surface area contributed by atoms with Gasteiger partial charge in [0.05, 0.1) is 0 Å². The Balaban J connectivity index is 1.47. The average molecular weight is 292 g/mol. The first kappa shape index (κ1) is 13.3. The van der Waals surface area contributed by atoms with Crippen molar-refractivity contribution in [1.29, 1.82) is 0 Å². The van der Waals surface area contributed by atoms with Gasteiger partial charge in [-0.25, -0.2) is 0 Å². The zero-order chi connectivity index (χ0) is 12.9. The fourth-order valence-electron chi connectivity index (χ4n) is 2.64. The molecule has 1 aliphatic heterocycles. The van der Waals surface area contributed by atoms with Crippen LogP contribution in [0.15, 0.2) is 34.3 Å². The molecule has 2 aromatic heterocycles. The van der Waals surface area contributed by atoms with Gasteiger partial charge in [0.2, 0.25) is 0 Å². The second-order valence-corrected chi connectivity index (χ2v) is 6.98. The average Bonchev–Trinajstić information content (AvgIpc) is 3.10. The molecule has 0 aliphatic carbocycles. The maximum absolute atomic E-state index is 3.70. The molecule has 0 radical (unpaired) electrons. The molecule has 1 aliphatic rings. The minimum atomic E-state index is 0.647. The quantitative estimate of drug-likeness (QED) is 0.906. The summed E-state index contributed by atoms with van der Waals surface area (Å²) in [6.45, 7) is 4.56. The van der Waals surface area contributed by atoms with Gasteiger partial charge in [0, 0.05) is 30.6 Å². The first-order valence-corrected chi connectivity index (χ1v) is 8.71. The van der Waals surface area contributed by atoms with Crippen molar-refractivity contribution in [2.24, 2.45) is 0 Å². The maximum Gasteiger partial charge on any atom is 0.0328 e. The lowest BCUT2D eigenvalue weighted by atomic mass is 10.1. The zero-order valence-corrected chi connectivity index (χ0v) is 12.7. The molecule has 2 aromatic rings. The zero-order valence-electron chi connectivity index (χ0n) is 11.0. The predicted octanol–water partition coefficient (Wildman–Crippen LogP) is 3.56. The summed E-state index contributed by atoms with van der Waals surface area (Å²) in [6, 6.07) is 7.25. The molecule has 19 heavy (non-hydrogen) atoms. The lowest BCUT2D eigenvalue weighted by molar-refractivity contribution is 0.184. The van der Waals surface area contributed by atoms with Crippen LogP contribution in [0.1, 0.15) is 23.3 Å². The van der Waals surface area contributed by atoms with Crippen LogP contribution in [0.3, 0.4) is 0 Å². The van der Waals surface area contributed by atoms with E-state index < -0.39 is 0 Å². The third-order valence-corrected chi connectivity index (χ3v) is 5.23. The molecule has 3 rings (SSSR count). The van der Waals surface area contributed by atoms with Crippen LogP contribution in [0.2, 0.25) is 0 Å². The van der Waals surface area contributed by atoms with Crippen molar-refractivity contribution in [3.63, 3.8) is 0 Å². The molecule has 2 nitrogen and oxygen atoms in total. The van der Waals surface area contributed by atoms with E-state index in [2.05, 4.69) is 44.6 Å². The summed E-state index contributed by atoms with van der Waals surface area (Å²) in [5.74, 6) is 0. The number of nitrogens with one attached hydrogen (secondary N) is 1. The highest BCUT2D eigenvalue weighted by atomic mass is 32.1. The van der Waals surface area contributed by atoms with E-state index in [4.69, 9.17) is 0 Å². The number of piperidine rings is 1. The SMILES string of the molecule is c1csc(CN2CCCC(NCc3ccsc3)C2)c1. The van der Waals surface area contributed by atoms with Crippen molar-refractivity contribution in [3.8, 4) is 0 Å². The third-order valence-electron chi connectivity index (χ3n) is 3.64. The van der Waals surface area contributed by atoms with Crippen LogP contribution in [-0.2, 0) is 13.1 Å². The molecular weight excluding hydrogens is 272 g/mol. The number of thiophene rings is 2. The molecule has 0 amide bonds. The van der Waals surface area contributed by atoms with E-state index in [1.54, 1.807) is 11.3 Å². The smallest absolute Gasteiger partial charge is 0.0328 e. The Morgan fingerprint density at radius 3 is 3.11 bits per heavy atom. The van der Waals surface area contributed by atoms with E-state index in [1.807, 2.05) is 11.3 Å². The van der Waals surface area contributed by atoms with Crippen molar-refractivity contribution in [2.75, 3.05) is 13.1 Å². The van der Waals surface area contributed by atoms with Gasteiger partial charge >= 0.3 is 0 Å². The second-order valence-electron chi connectivity index (χ2n) is 5.17. The van der Waals surface area contributed by atoms with Crippen LogP contribution in [0.25, 0.3) is 0 Å². The van der Waals surface area contributed by atoms with Gasteiger partial charge in [-0.05, 0) is 53.2 Å². The predicted molar refractivity (Wildman–Crippen MR) is 83.8 cm³/mol. The van der Waals surface area contributed by atoms with Gasteiger partial charge < -0.3 is 5.32 Å². The van der Waals surface area contributed by atoms with Gasteiger partial charge in [0.15, 0.2) is 0 Å². The Morgan fingerprint density at radius 2 is 2.32 bits per heavy atom. The monoisotopic (exact) mass is 292 g/mol. The van der Waals surface area contributed by atoms with E-state index in [1.165, 1.54) is 36.4 Å². The normalized spacial score (nSPS) is 20.7. The van der Waals surface area contributed by atoms with Gasteiger partial charge in [-0.2, -0.15) is 11.3 Å². The van der Waals surface area contributed by atoms with Crippen LogP contribution < -0.4 is 5.32 Å². The van der Waals surface area contributed by atoms with Crippen molar-refractivity contribution >= 4 is 22.7 Å². The molecule has 0 bridgehead atoms. The van der Waals surface area contributed by atoms with Gasteiger partial charge in [0.25, 0.3) is 0 Å². The largest absolute Gasteiger partial charge is 0.309 e. The van der Waals surface area contributed by atoms with E-state index in [9.17, 15) is 0 Å². The molecule has 0 saturated carbocycles. The van der Waals surface area contributed by atoms with E-state index >= 15 is 0 Å². The Bertz CT molecular complexity index is 464. The molecule has 1 atom stereocenters. The number of hydrogen-bond acceptors (Lipinski definition) is 4. The van der Waals surface area contributed by atoms with Crippen LogP contribution >= 0.6 is 22.7 Å². The lowest BCUT2D eigenvalue weighted by Crippen LogP contribution is -2.44. The van der Waals surface area contributed by atoms with E-state index in [0.29, 0.717) is 6.04 Å². The molecule has 0 aromatic carbocycles. The van der Waals surface area contributed by atoms with E-state index in [-0.39, 0.29) is 0 Å². The highest BCUT2D eigenvalue weighted by molar-refractivity contribution is 7.09. The van der Waals surface area contributed by atoms with Crippen molar-refractivity contribution in [2.45, 2.75) is 32.0 Å². The molecule has 1 unspecified atom stereocenters. The minimum absolute atomic E-state index is 0.647. The topological polar surface area (TPSA) is 15.3 Å². The molecule has 0 spiro atoms. The van der Waals surface area contributed by atoms with E-state index in [0.717, 1.165) is 13.1 Å². The summed E-state index contributed by atoms with van der Waals surface area (Å²) in [5, 5.41) is 10.3. The van der Waals surface area contributed by atoms with Crippen LogP contribution in [0.4, 0.5) is 0 Å². The maximum atomic E-state index is 3.70. The van der Waals surface area contributed by atoms with Gasteiger partial charge in [-0.3, -0.25) is 4.90 Å². The summed E-state index contributed by atoms with van der Waals surface area (Å²) in [6.07, 6.45) is 2.62. The standard InChI is InChI=1S/C15H20N2S2/c1-3-14(16-9-13-5-8-18-12-13)10-17(6-1)11-15-4-2-7-19-15/h2,4-5,7-8,12,14,16H,1,3,6,9-11H2. The fourth-order valence-corrected chi connectivity index (χ4v) is 4.06. The first-order chi connectivity index (χ1) is 9.40. The summed E-state index contributed by atoms with van der Waals surface area (Å²) < 4.78 is 0. The summed E-state index contributed by atoms with van der Waals surface area (Å²) in [4.78, 5) is 4.07. The molecule has 1 N–H and O–H groups in total. The van der Waals surface area contributed by atoms with Gasteiger partial charge in [-0.1, -0.05) is 6.07 Å². The Hall–Kier alpha value is -0.680. The highest BCUT2D eigenvalue weighted by Crippen LogP contribution is 2.17. The molecule has 1 fully saturated rings. The van der Waals surface area contributed by atoms with Crippen LogP contribution in [0, 0.1) is 0 Å². The Labute approximate surface area is 123 Å². The second kappa shape index (κ2) is 6.66. The fraction of sp³-hybridized carbons (Fsp3) is 0.467. The number of rotatable bonds is 5. The Morgan fingerprint density at radius 1 is 1.32 bits per heavy atom. The molecule has 1 saturated heterocycles. The first-order valence-electron chi connectivity index (χ1n) is 6.89.